The average molecular weight is 1150 g/mol. The number of thiazole rings is 1. The third kappa shape index (κ3) is 13.7. The van der Waals surface area contributed by atoms with Crippen LogP contribution in [0.25, 0.3) is 32.2 Å². The zero-order valence-corrected chi connectivity index (χ0v) is 50.1. The number of benzene rings is 3. The van der Waals surface area contributed by atoms with Crippen molar-refractivity contribution >= 4 is 86.8 Å². The lowest BCUT2D eigenvalue weighted by Crippen LogP contribution is -2.39. The van der Waals surface area contributed by atoms with Gasteiger partial charge in [-0.25, -0.2) is 14.8 Å². The van der Waals surface area contributed by atoms with Crippen molar-refractivity contribution < 1.29 is 38.2 Å². The van der Waals surface area contributed by atoms with Crippen LogP contribution in [0.1, 0.15) is 109 Å². The molecule has 3 aliphatic rings. The Kier molecular flexibility index (Phi) is 17.3. The Morgan fingerprint density at radius 3 is 2.44 bits per heavy atom. The van der Waals surface area contributed by atoms with Gasteiger partial charge in [0, 0.05) is 69.6 Å². The van der Waals surface area contributed by atoms with E-state index in [0.717, 1.165) is 93.9 Å². The van der Waals surface area contributed by atoms with E-state index in [1.165, 1.54) is 11.3 Å². The summed E-state index contributed by atoms with van der Waals surface area (Å²) in [6.45, 7) is 18.5. The fourth-order valence-corrected chi connectivity index (χ4v) is 12.7. The Bertz CT molecular complexity index is 3510. The van der Waals surface area contributed by atoms with Crippen molar-refractivity contribution in [3.8, 4) is 16.9 Å². The number of carbonyl (C=O) groups is 5. The van der Waals surface area contributed by atoms with E-state index in [1.54, 1.807) is 15.8 Å². The van der Waals surface area contributed by atoms with E-state index in [0.29, 0.717) is 85.2 Å². The van der Waals surface area contributed by atoms with Crippen LogP contribution in [0.4, 0.5) is 16.6 Å². The molecule has 3 aliphatic heterocycles. The monoisotopic (exact) mass is 1150 g/mol. The van der Waals surface area contributed by atoms with Gasteiger partial charge in [0.15, 0.2) is 10.8 Å². The molecule has 7 heterocycles. The van der Waals surface area contributed by atoms with Crippen molar-refractivity contribution in [1.29, 1.82) is 0 Å². The Morgan fingerprint density at radius 2 is 1.68 bits per heavy atom. The fourth-order valence-electron chi connectivity index (χ4n) is 11.0. The fraction of sp³-hybridized carbons (Fsp3) is 0.435. The summed E-state index contributed by atoms with van der Waals surface area (Å²) in [7, 11) is 0.428. The predicted molar refractivity (Wildman–Crippen MR) is 322 cm³/mol. The molecule has 1 atom stereocenters. The second kappa shape index (κ2) is 24.6. The smallest absolute Gasteiger partial charge is 0.358 e. The number of para-hydroxylation sites is 1. The molecule has 0 radical (unpaired) electrons. The molecule has 20 heteroatoms. The van der Waals surface area contributed by atoms with Gasteiger partial charge in [0.05, 0.1) is 40.5 Å². The highest BCUT2D eigenvalue weighted by Crippen LogP contribution is 2.36. The number of carbonyl (C=O) groups excluding carboxylic acids is 5. The number of ether oxygens (including phenoxy) is 3. The van der Waals surface area contributed by atoms with Crippen LogP contribution in [0.2, 0.25) is 25.7 Å². The van der Waals surface area contributed by atoms with Gasteiger partial charge in [-0.1, -0.05) is 49.2 Å². The molecule has 0 bridgehead atoms. The number of hydrogen-bond acceptors (Lipinski definition) is 15. The molecule has 10 rings (SSSR count). The molecule has 7 aromatic rings. The van der Waals surface area contributed by atoms with Crippen LogP contribution in [0.15, 0.2) is 85.1 Å². The first-order valence-electron chi connectivity index (χ1n) is 28.5. The molecule has 0 aliphatic carbocycles. The number of likely N-dealkylation sites (tertiary alicyclic amines) is 1. The zero-order valence-electron chi connectivity index (χ0n) is 48.3. The summed E-state index contributed by atoms with van der Waals surface area (Å²) in [5.41, 5.74) is 6.93. The Balaban J connectivity index is 0.747. The Hall–Kier alpha value is -7.39. The number of hydrogen-bond donors (Lipinski definition) is 2. The average Bonchev–Trinajstić information content (AvgIpc) is 3.67. The third-order valence-electron chi connectivity index (χ3n) is 15.4. The number of piperidine rings is 2. The van der Waals surface area contributed by atoms with Crippen molar-refractivity contribution in [2.75, 3.05) is 61.2 Å². The molecule has 82 heavy (non-hydrogen) atoms. The maximum atomic E-state index is 14.8. The van der Waals surface area contributed by atoms with E-state index in [1.807, 2.05) is 114 Å². The maximum absolute atomic E-state index is 14.8. The Labute approximate surface area is 483 Å². The molecule has 4 amide bonds. The first-order chi connectivity index (χ1) is 39.2. The summed E-state index contributed by atoms with van der Waals surface area (Å²) in [5.74, 6) is -0.111. The highest BCUT2D eigenvalue weighted by molar-refractivity contribution is 7.22. The standard InChI is InChI=1S/C62H74N10O8SSi/c1-39-34-43(79-31-11-12-40-24-28-70(29-25-40)37-54(74)64-42-15-17-46-50(35-42)69(5)68-55(46)47-20-22-53(73)67-58(47)75)16-18-44(39)45-19-21-52(66-57(45)60(77)80-62(2,3)4)71-30-26-41-23-27-63-56(48(41)36-71)59(76)72(38-78-32-33-82(6,7)8)61-65-49-13-9-10-14-51(49)81-61/h9-10,13-19,21,23,27,34-35,40,47H,11-12,20,22,24-26,28-33,36-38H2,1-8H3,(H,64,74)(H,67,73,75). The molecule has 0 spiro atoms. The number of aromatic nitrogens is 5. The van der Waals surface area contributed by atoms with Crippen molar-refractivity contribution in [2.24, 2.45) is 13.0 Å². The number of pyridine rings is 2. The van der Waals surface area contributed by atoms with E-state index in [-0.39, 0.29) is 42.5 Å². The first kappa shape index (κ1) is 57.8. The van der Waals surface area contributed by atoms with Gasteiger partial charge in [-0.2, -0.15) is 5.10 Å². The highest BCUT2D eigenvalue weighted by Gasteiger charge is 2.34. The van der Waals surface area contributed by atoms with E-state index in [4.69, 9.17) is 29.2 Å². The normalized spacial score (nSPS) is 16.3. The molecule has 2 N–H and O–H groups in total. The molecule has 430 valence electrons. The summed E-state index contributed by atoms with van der Waals surface area (Å²) in [4.78, 5) is 86.9. The Morgan fingerprint density at radius 1 is 0.890 bits per heavy atom. The minimum Gasteiger partial charge on any atom is -0.494 e. The van der Waals surface area contributed by atoms with Crippen molar-refractivity contribution in [1.82, 2.24) is 34.9 Å². The van der Waals surface area contributed by atoms with Crippen LogP contribution in [0.5, 0.6) is 5.75 Å². The quantitative estimate of drug-likeness (QED) is 0.0254. The van der Waals surface area contributed by atoms with Crippen molar-refractivity contribution in [3.05, 3.63) is 119 Å². The molecule has 0 saturated carbocycles. The van der Waals surface area contributed by atoms with E-state index >= 15 is 0 Å². The molecule has 3 aromatic carbocycles. The van der Waals surface area contributed by atoms with Crippen LogP contribution >= 0.6 is 11.3 Å². The molecule has 1 unspecified atom stereocenters. The lowest BCUT2D eigenvalue weighted by molar-refractivity contribution is -0.134. The van der Waals surface area contributed by atoms with Gasteiger partial charge < -0.3 is 24.4 Å². The van der Waals surface area contributed by atoms with E-state index < -0.39 is 25.6 Å². The second-order valence-corrected chi connectivity index (χ2v) is 30.7. The van der Waals surface area contributed by atoms with Gasteiger partial charge >= 0.3 is 5.97 Å². The van der Waals surface area contributed by atoms with Crippen LogP contribution in [-0.4, -0.2) is 119 Å². The predicted octanol–water partition coefficient (Wildman–Crippen LogP) is 10.5. The number of imide groups is 1. The zero-order chi connectivity index (χ0) is 57.9. The van der Waals surface area contributed by atoms with Gasteiger partial charge in [0.1, 0.15) is 29.6 Å². The highest BCUT2D eigenvalue weighted by atomic mass is 32.1. The number of nitrogens with one attached hydrogen (secondary N) is 2. The van der Waals surface area contributed by atoms with Gasteiger partial charge in [0.2, 0.25) is 17.7 Å². The van der Waals surface area contributed by atoms with Gasteiger partial charge in [-0.05, 0) is 169 Å². The summed E-state index contributed by atoms with van der Waals surface area (Å²) in [6.07, 6.45) is 6.96. The SMILES string of the molecule is Cc1cc(OCCCC2CCN(CC(=O)Nc3ccc4c(C5CCC(=O)NC5=O)nn(C)c4c3)CC2)ccc1-c1ccc(N2CCc3ccnc(C(=O)N(COCC[Si](C)(C)C)c4nc5ccccc5s4)c3C2)nc1C(=O)OC(C)(C)C. The largest absolute Gasteiger partial charge is 0.494 e. The minimum absolute atomic E-state index is 0.0507. The number of esters is 1. The molecule has 2 saturated heterocycles. The molecule has 18 nitrogen and oxygen atoms in total. The maximum Gasteiger partial charge on any atom is 0.358 e. The van der Waals surface area contributed by atoms with Crippen LogP contribution in [0, 0.1) is 12.8 Å². The third-order valence-corrected chi connectivity index (χ3v) is 18.2. The molecule has 2 fully saturated rings. The van der Waals surface area contributed by atoms with Gasteiger partial charge in [-0.3, -0.25) is 44.0 Å². The summed E-state index contributed by atoms with van der Waals surface area (Å²) in [5, 5.41) is 11.5. The molecular formula is C62H74N10O8SSi. The lowest BCUT2D eigenvalue weighted by atomic mass is 9.92. The number of amides is 4. The molecular weight excluding hydrogens is 1070 g/mol. The van der Waals surface area contributed by atoms with Crippen molar-refractivity contribution in [3.63, 3.8) is 0 Å². The summed E-state index contributed by atoms with van der Waals surface area (Å²) < 4.78 is 21.2. The van der Waals surface area contributed by atoms with Crippen molar-refractivity contribution in [2.45, 2.75) is 116 Å². The minimum atomic E-state index is -1.38. The second-order valence-electron chi connectivity index (χ2n) is 24.1. The van der Waals surface area contributed by atoms with Crippen LogP contribution in [-0.2, 0) is 43.9 Å². The van der Waals surface area contributed by atoms with E-state index in [2.05, 4.69) is 45.2 Å². The van der Waals surface area contributed by atoms with Gasteiger partial charge in [0.25, 0.3) is 5.91 Å². The number of nitrogens with zero attached hydrogens (tertiary/aromatic N) is 8. The van der Waals surface area contributed by atoms with E-state index in [9.17, 15) is 24.0 Å². The number of rotatable bonds is 19. The lowest BCUT2D eigenvalue weighted by Gasteiger charge is -2.32. The summed E-state index contributed by atoms with van der Waals surface area (Å²) in [6, 6.07) is 26.2. The van der Waals surface area contributed by atoms with Gasteiger partial charge in [-0.15, -0.1) is 0 Å². The number of aryl methyl sites for hydroxylation is 2. The summed E-state index contributed by atoms with van der Waals surface area (Å²) >= 11 is 1.45. The number of fused-ring (bicyclic) bond motifs is 3. The van der Waals surface area contributed by atoms with Crippen LogP contribution < -0.4 is 25.2 Å². The topological polar surface area (TPSA) is 203 Å². The van der Waals surface area contributed by atoms with Crippen LogP contribution in [0.3, 0.4) is 0 Å². The number of anilines is 3. The molecule has 4 aromatic heterocycles. The first-order valence-corrected chi connectivity index (χ1v) is 33.0.